The second-order valence-corrected chi connectivity index (χ2v) is 5.55. The van der Waals surface area contributed by atoms with Crippen LogP contribution >= 0.6 is 0 Å². The molecular formula is C15H17N3. The Morgan fingerprint density at radius 2 is 2.28 bits per heavy atom. The number of pyridine rings is 1. The van der Waals surface area contributed by atoms with Crippen LogP contribution in [0.3, 0.4) is 0 Å². The summed E-state index contributed by atoms with van der Waals surface area (Å²) >= 11 is 0. The third-order valence-electron chi connectivity index (χ3n) is 3.94. The molecule has 2 atom stereocenters. The van der Waals surface area contributed by atoms with E-state index in [0.717, 1.165) is 24.4 Å². The summed E-state index contributed by atoms with van der Waals surface area (Å²) in [5.41, 5.74) is 3.17. The van der Waals surface area contributed by atoms with Crippen molar-refractivity contribution in [3.05, 3.63) is 35.7 Å². The van der Waals surface area contributed by atoms with Gasteiger partial charge in [0.15, 0.2) is 0 Å². The lowest BCUT2D eigenvalue weighted by atomic mass is 9.77. The van der Waals surface area contributed by atoms with E-state index in [2.05, 4.69) is 29.1 Å². The van der Waals surface area contributed by atoms with Crippen LogP contribution in [0.2, 0.25) is 0 Å². The number of nitrogens with zero attached hydrogens (tertiary/aromatic N) is 3. The minimum Gasteiger partial charge on any atom is -0.305 e. The molecule has 1 aliphatic heterocycles. The van der Waals surface area contributed by atoms with Crippen LogP contribution in [0.1, 0.15) is 24.0 Å². The fourth-order valence-corrected chi connectivity index (χ4v) is 3.32. The maximum atomic E-state index is 8.94. The van der Waals surface area contributed by atoms with Crippen LogP contribution < -0.4 is 0 Å². The number of fused-ring (bicyclic) bond motifs is 2. The SMILES string of the molecule is CN1CC2C=C(c3cncc(C#N)c3)CC(C2)C1. The van der Waals surface area contributed by atoms with Crippen molar-refractivity contribution in [3.63, 3.8) is 0 Å². The highest BCUT2D eigenvalue weighted by Crippen LogP contribution is 2.37. The molecule has 2 bridgehead atoms. The molecule has 18 heavy (non-hydrogen) atoms. The van der Waals surface area contributed by atoms with E-state index in [4.69, 9.17) is 5.26 Å². The molecule has 1 fully saturated rings. The van der Waals surface area contributed by atoms with Gasteiger partial charge in [-0.25, -0.2) is 0 Å². The number of aromatic nitrogens is 1. The molecule has 2 aliphatic rings. The molecule has 0 spiro atoms. The molecule has 1 aliphatic carbocycles. The first kappa shape index (κ1) is 11.4. The van der Waals surface area contributed by atoms with E-state index < -0.39 is 0 Å². The third kappa shape index (κ3) is 2.16. The summed E-state index contributed by atoms with van der Waals surface area (Å²) in [7, 11) is 2.20. The number of piperidine rings is 1. The normalized spacial score (nSPS) is 27.4. The van der Waals surface area contributed by atoms with Crippen molar-refractivity contribution in [2.24, 2.45) is 11.8 Å². The molecule has 0 N–H and O–H groups in total. The van der Waals surface area contributed by atoms with Crippen molar-refractivity contribution in [1.29, 1.82) is 5.26 Å². The number of likely N-dealkylation sites (tertiary alicyclic amines) is 1. The molecule has 3 nitrogen and oxygen atoms in total. The number of nitriles is 1. The van der Waals surface area contributed by atoms with Gasteiger partial charge < -0.3 is 4.90 Å². The monoisotopic (exact) mass is 239 g/mol. The molecule has 3 rings (SSSR count). The highest BCUT2D eigenvalue weighted by Gasteiger charge is 2.29. The smallest absolute Gasteiger partial charge is 0.101 e. The average Bonchev–Trinajstić information content (AvgIpc) is 2.37. The molecule has 0 amide bonds. The molecule has 92 valence electrons. The largest absolute Gasteiger partial charge is 0.305 e. The Hall–Kier alpha value is -1.66. The Balaban J connectivity index is 1.91. The zero-order valence-electron chi connectivity index (χ0n) is 10.6. The predicted octanol–water partition coefficient (Wildman–Crippen LogP) is 2.31. The Morgan fingerprint density at radius 1 is 1.39 bits per heavy atom. The van der Waals surface area contributed by atoms with E-state index in [1.165, 1.54) is 18.5 Å². The lowest BCUT2D eigenvalue weighted by Crippen LogP contribution is -2.39. The Bertz CT molecular complexity index is 527. The van der Waals surface area contributed by atoms with Crippen LogP contribution in [0.5, 0.6) is 0 Å². The van der Waals surface area contributed by atoms with Gasteiger partial charge in [0.25, 0.3) is 0 Å². The molecule has 0 aromatic carbocycles. The summed E-state index contributed by atoms with van der Waals surface area (Å²) in [4.78, 5) is 6.59. The Morgan fingerprint density at radius 3 is 3.06 bits per heavy atom. The van der Waals surface area contributed by atoms with Gasteiger partial charge >= 0.3 is 0 Å². The predicted molar refractivity (Wildman–Crippen MR) is 70.6 cm³/mol. The van der Waals surface area contributed by atoms with Crippen molar-refractivity contribution in [2.45, 2.75) is 12.8 Å². The summed E-state index contributed by atoms with van der Waals surface area (Å²) < 4.78 is 0. The fraction of sp³-hybridized carbons (Fsp3) is 0.467. The quantitative estimate of drug-likeness (QED) is 0.755. The third-order valence-corrected chi connectivity index (χ3v) is 3.94. The van der Waals surface area contributed by atoms with Crippen LogP contribution in [-0.4, -0.2) is 30.0 Å². The van der Waals surface area contributed by atoms with Crippen LogP contribution in [0.25, 0.3) is 5.57 Å². The van der Waals surface area contributed by atoms with Gasteiger partial charge in [0.2, 0.25) is 0 Å². The molecule has 2 heterocycles. The fourth-order valence-electron chi connectivity index (χ4n) is 3.32. The van der Waals surface area contributed by atoms with Gasteiger partial charge in [-0.1, -0.05) is 6.08 Å². The topological polar surface area (TPSA) is 39.9 Å². The Kier molecular flexibility index (Phi) is 2.89. The highest BCUT2D eigenvalue weighted by molar-refractivity contribution is 5.67. The maximum absolute atomic E-state index is 8.94. The van der Waals surface area contributed by atoms with E-state index in [1.807, 2.05) is 12.3 Å². The molecule has 0 saturated carbocycles. The standard InChI is InChI=1S/C15H17N3/c1-18-9-11-2-12(10-18)4-14(3-11)15-5-13(6-16)7-17-8-15/h3,5,7-8,11-12H,2,4,9-10H2,1H3. The first-order valence-corrected chi connectivity index (χ1v) is 6.49. The maximum Gasteiger partial charge on any atom is 0.101 e. The van der Waals surface area contributed by atoms with Crippen molar-refractivity contribution in [1.82, 2.24) is 9.88 Å². The minimum atomic E-state index is 0.654. The highest BCUT2D eigenvalue weighted by atomic mass is 15.1. The van der Waals surface area contributed by atoms with Gasteiger partial charge in [-0.2, -0.15) is 5.26 Å². The van der Waals surface area contributed by atoms with Crippen LogP contribution in [0.15, 0.2) is 24.5 Å². The summed E-state index contributed by atoms with van der Waals surface area (Å²) in [5, 5.41) is 8.94. The van der Waals surface area contributed by atoms with Crippen LogP contribution in [0.4, 0.5) is 0 Å². The number of hydrogen-bond donors (Lipinski definition) is 0. The number of allylic oxidation sites excluding steroid dienone is 1. The van der Waals surface area contributed by atoms with Crippen molar-refractivity contribution < 1.29 is 0 Å². The van der Waals surface area contributed by atoms with E-state index in [0.29, 0.717) is 11.5 Å². The minimum absolute atomic E-state index is 0.654. The van der Waals surface area contributed by atoms with E-state index in [9.17, 15) is 0 Å². The van der Waals surface area contributed by atoms with Gasteiger partial charge in [-0.05, 0) is 48.9 Å². The van der Waals surface area contributed by atoms with Gasteiger partial charge in [0.05, 0.1) is 5.56 Å². The Labute approximate surface area is 108 Å². The first-order valence-electron chi connectivity index (χ1n) is 6.49. The van der Waals surface area contributed by atoms with Crippen molar-refractivity contribution in [2.75, 3.05) is 20.1 Å². The van der Waals surface area contributed by atoms with Crippen molar-refractivity contribution in [3.8, 4) is 6.07 Å². The van der Waals surface area contributed by atoms with E-state index >= 15 is 0 Å². The molecule has 1 aromatic rings. The second-order valence-electron chi connectivity index (χ2n) is 5.55. The van der Waals surface area contributed by atoms with E-state index in [1.54, 1.807) is 6.20 Å². The van der Waals surface area contributed by atoms with Crippen LogP contribution in [0, 0.1) is 23.2 Å². The zero-order valence-corrected chi connectivity index (χ0v) is 10.6. The molecular weight excluding hydrogens is 222 g/mol. The van der Waals surface area contributed by atoms with Gasteiger partial charge in [0, 0.05) is 25.5 Å². The number of hydrogen-bond acceptors (Lipinski definition) is 3. The van der Waals surface area contributed by atoms with Crippen LogP contribution in [-0.2, 0) is 0 Å². The molecule has 1 saturated heterocycles. The molecule has 3 heteroatoms. The second kappa shape index (κ2) is 4.55. The first-order chi connectivity index (χ1) is 8.74. The summed E-state index contributed by atoms with van der Waals surface area (Å²) in [6.07, 6.45) is 8.35. The number of rotatable bonds is 1. The summed E-state index contributed by atoms with van der Waals surface area (Å²) in [5.74, 6) is 1.43. The van der Waals surface area contributed by atoms with Gasteiger partial charge in [-0.3, -0.25) is 4.98 Å². The lowest BCUT2D eigenvalue weighted by Gasteiger charge is -2.38. The molecule has 0 radical (unpaired) electrons. The lowest BCUT2D eigenvalue weighted by molar-refractivity contribution is 0.170. The van der Waals surface area contributed by atoms with Gasteiger partial charge in [-0.15, -0.1) is 0 Å². The summed E-state index contributed by atoms with van der Waals surface area (Å²) in [6.45, 7) is 2.35. The molecule has 2 unspecified atom stereocenters. The summed E-state index contributed by atoms with van der Waals surface area (Å²) in [6, 6.07) is 4.13. The van der Waals surface area contributed by atoms with Gasteiger partial charge in [0.1, 0.15) is 6.07 Å². The average molecular weight is 239 g/mol. The van der Waals surface area contributed by atoms with E-state index in [-0.39, 0.29) is 0 Å². The van der Waals surface area contributed by atoms with Crippen molar-refractivity contribution >= 4 is 5.57 Å². The molecule has 1 aromatic heterocycles. The zero-order chi connectivity index (χ0) is 12.5.